The maximum atomic E-state index is 5.80. The molecule has 3 heteroatoms. The highest BCUT2D eigenvalue weighted by Gasteiger charge is 2.02. The van der Waals surface area contributed by atoms with Gasteiger partial charge in [-0.25, -0.2) is 0 Å². The van der Waals surface area contributed by atoms with Crippen molar-refractivity contribution in [1.82, 2.24) is 5.16 Å². The third kappa shape index (κ3) is 2.72. The zero-order valence-corrected chi connectivity index (χ0v) is 11.2. The van der Waals surface area contributed by atoms with E-state index in [4.69, 9.17) is 9.26 Å². The molecular formula is C17H15NO2. The highest BCUT2D eigenvalue weighted by molar-refractivity contribution is 5.59. The minimum absolute atomic E-state index is 0.579. The molecule has 0 N–H and O–H groups in total. The summed E-state index contributed by atoms with van der Waals surface area (Å²) in [4.78, 5) is 0. The first-order valence-electron chi connectivity index (χ1n) is 6.51. The van der Waals surface area contributed by atoms with Crippen molar-refractivity contribution >= 4 is 0 Å². The van der Waals surface area contributed by atoms with Gasteiger partial charge in [-0.1, -0.05) is 29.4 Å². The number of rotatable bonds is 4. The highest BCUT2D eigenvalue weighted by Crippen LogP contribution is 2.21. The van der Waals surface area contributed by atoms with Crippen molar-refractivity contribution in [1.29, 1.82) is 0 Å². The molecule has 20 heavy (non-hydrogen) atoms. The van der Waals surface area contributed by atoms with E-state index >= 15 is 0 Å². The lowest BCUT2D eigenvalue weighted by Crippen LogP contribution is -1.97. The van der Waals surface area contributed by atoms with Gasteiger partial charge >= 0.3 is 0 Å². The topological polar surface area (TPSA) is 35.3 Å². The van der Waals surface area contributed by atoms with Crippen LogP contribution in [0.3, 0.4) is 0 Å². The maximum absolute atomic E-state index is 5.80. The first kappa shape index (κ1) is 12.5. The Morgan fingerprint density at radius 1 is 1.00 bits per heavy atom. The molecule has 3 nitrogen and oxygen atoms in total. The zero-order valence-electron chi connectivity index (χ0n) is 11.2. The van der Waals surface area contributed by atoms with Gasteiger partial charge in [-0.2, -0.15) is 0 Å². The predicted octanol–water partition coefficient (Wildman–Crippen LogP) is 4.23. The van der Waals surface area contributed by atoms with Crippen LogP contribution in [0.25, 0.3) is 11.3 Å². The fraction of sp³-hybridized carbons (Fsp3) is 0.118. The molecule has 0 radical (unpaired) electrons. The second-order valence-electron chi connectivity index (χ2n) is 4.62. The van der Waals surface area contributed by atoms with Crippen LogP contribution in [0.15, 0.2) is 65.4 Å². The fourth-order valence-electron chi connectivity index (χ4n) is 2.02. The molecule has 0 spiro atoms. The molecular weight excluding hydrogens is 250 g/mol. The first-order chi connectivity index (χ1) is 9.83. The Hall–Kier alpha value is -2.55. The number of hydrogen-bond donors (Lipinski definition) is 0. The van der Waals surface area contributed by atoms with Gasteiger partial charge < -0.3 is 9.26 Å². The number of aromatic nitrogens is 1. The Morgan fingerprint density at radius 2 is 1.80 bits per heavy atom. The minimum Gasteiger partial charge on any atom is -0.489 e. The van der Waals surface area contributed by atoms with Gasteiger partial charge in [0.2, 0.25) is 0 Å². The summed E-state index contributed by atoms with van der Waals surface area (Å²) in [7, 11) is 0. The van der Waals surface area contributed by atoms with Crippen LogP contribution in [-0.4, -0.2) is 5.16 Å². The third-order valence-electron chi connectivity index (χ3n) is 3.24. The Morgan fingerprint density at radius 3 is 2.50 bits per heavy atom. The summed E-state index contributed by atoms with van der Waals surface area (Å²) in [5.41, 5.74) is 4.29. The van der Waals surface area contributed by atoms with Gasteiger partial charge in [-0.3, -0.25) is 0 Å². The van der Waals surface area contributed by atoms with Crippen LogP contribution in [0, 0.1) is 6.92 Å². The van der Waals surface area contributed by atoms with Crippen molar-refractivity contribution in [2.45, 2.75) is 13.5 Å². The molecule has 100 valence electrons. The Labute approximate surface area is 117 Å². The molecule has 0 saturated carbocycles. The lowest BCUT2D eigenvalue weighted by atomic mass is 10.1. The second kappa shape index (κ2) is 5.61. The number of benzene rings is 2. The van der Waals surface area contributed by atoms with E-state index in [1.807, 2.05) is 42.5 Å². The first-order valence-corrected chi connectivity index (χ1v) is 6.51. The van der Waals surface area contributed by atoms with Crippen LogP contribution < -0.4 is 4.74 Å². The molecule has 1 aromatic heterocycles. The van der Waals surface area contributed by atoms with Crippen molar-refractivity contribution < 1.29 is 9.26 Å². The van der Waals surface area contributed by atoms with Crippen molar-refractivity contribution in [2.24, 2.45) is 0 Å². The van der Waals surface area contributed by atoms with Crippen molar-refractivity contribution in [2.75, 3.05) is 0 Å². The zero-order chi connectivity index (χ0) is 13.8. The van der Waals surface area contributed by atoms with Crippen molar-refractivity contribution in [3.8, 4) is 17.0 Å². The summed E-state index contributed by atoms with van der Waals surface area (Å²) in [5.74, 6) is 0.848. The van der Waals surface area contributed by atoms with Crippen LogP contribution in [0.1, 0.15) is 11.1 Å². The van der Waals surface area contributed by atoms with Gasteiger partial charge in [-0.05, 0) is 42.3 Å². The van der Waals surface area contributed by atoms with Crippen LogP contribution >= 0.6 is 0 Å². The molecule has 0 saturated heterocycles. The van der Waals surface area contributed by atoms with Crippen molar-refractivity contribution in [3.63, 3.8) is 0 Å². The molecule has 0 amide bonds. The Balaban J connectivity index is 1.68. The summed E-state index contributed by atoms with van der Waals surface area (Å²) in [6.45, 7) is 2.67. The van der Waals surface area contributed by atoms with Gasteiger partial charge in [-0.15, -0.1) is 0 Å². The lowest BCUT2D eigenvalue weighted by molar-refractivity contribution is 0.305. The molecule has 0 unspecified atom stereocenters. The number of nitrogens with zero attached hydrogens (tertiary/aromatic N) is 1. The fourth-order valence-corrected chi connectivity index (χ4v) is 2.02. The minimum atomic E-state index is 0.579. The predicted molar refractivity (Wildman–Crippen MR) is 77.5 cm³/mol. The monoisotopic (exact) mass is 265 g/mol. The number of aryl methyl sites for hydroxylation is 1. The summed E-state index contributed by atoms with van der Waals surface area (Å²) < 4.78 is 10.6. The Bertz CT molecular complexity index is 672. The molecule has 0 aliphatic heterocycles. The lowest BCUT2D eigenvalue weighted by Gasteiger charge is -2.08. The second-order valence-corrected chi connectivity index (χ2v) is 4.62. The highest BCUT2D eigenvalue weighted by atomic mass is 16.5. The standard InChI is InChI=1S/C17H15NO2/c1-13-4-2-3-5-15(13)12-19-16-8-6-14(7-9-16)17-10-11-20-18-17/h2-11H,12H2,1H3. The van der Waals surface area contributed by atoms with Crippen molar-refractivity contribution in [3.05, 3.63) is 72.0 Å². The van der Waals surface area contributed by atoms with E-state index in [1.54, 1.807) is 6.26 Å². The summed E-state index contributed by atoms with van der Waals surface area (Å²) >= 11 is 0. The van der Waals surface area contributed by atoms with Gasteiger partial charge in [0.1, 0.15) is 24.3 Å². The molecule has 0 atom stereocenters. The van der Waals surface area contributed by atoms with E-state index in [0.29, 0.717) is 6.61 Å². The van der Waals surface area contributed by atoms with E-state index in [9.17, 15) is 0 Å². The summed E-state index contributed by atoms with van der Waals surface area (Å²) in [6, 6.07) is 17.9. The molecule has 2 aromatic carbocycles. The quantitative estimate of drug-likeness (QED) is 0.708. The molecule has 0 aliphatic rings. The maximum Gasteiger partial charge on any atom is 0.124 e. The van der Waals surface area contributed by atoms with E-state index in [1.165, 1.54) is 11.1 Å². The average Bonchev–Trinajstić information content (AvgIpc) is 3.01. The number of ether oxygens (including phenoxy) is 1. The van der Waals surface area contributed by atoms with E-state index in [0.717, 1.165) is 17.0 Å². The molecule has 0 fully saturated rings. The average molecular weight is 265 g/mol. The van der Waals surface area contributed by atoms with E-state index in [2.05, 4.69) is 24.2 Å². The van der Waals surface area contributed by atoms with Crippen LogP contribution in [0.5, 0.6) is 5.75 Å². The summed E-state index contributed by atoms with van der Waals surface area (Å²) in [6.07, 6.45) is 1.57. The van der Waals surface area contributed by atoms with Gasteiger partial charge in [0.15, 0.2) is 0 Å². The van der Waals surface area contributed by atoms with Crippen LogP contribution in [-0.2, 0) is 6.61 Å². The molecule has 0 aliphatic carbocycles. The van der Waals surface area contributed by atoms with E-state index < -0.39 is 0 Å². The third-order valence-corrected chi connectivity index (χ3v) is 3.24. The van der Waals surface area contributed by atoms with Crippen LogP contribution in [0.2, 0.25) is 0 Å². The van der Waals surface area contributed by atoms with E-state index in [-0.39, 0.29) is 0 Å². The normalized spacial score (nSPS) is 10.4. The van der Waals surface area contributed by atoms with Gasteiger partial charge in [0.05, 0.1) is 0 Å². The SMILES string of the molecule is Cc1ccccc1COc1ccc(-c2ccon2)cc1. The smallest absolute Gasteiger partial charge is 0.124 e. The van der Waals surface area contributed by atoms with Gasteiger partial charge in [0, 0.05) is 11.6 Å². The molecule has 3 aromatic rings. The molecule has 3 rings (SSSR count). The molecule has 0 bridgehead atoms. The van der Waals surface area contributed by atoms with Crippen LogP contribution in [0.4, 0.5) is 0 Å². The molecule has 1 heterocycles. The largest absolute Gasteiger partial charge is 0.489 e. The summed E-state index contributed by atoms with van der Waals surface area (Å²) in [5, 5.41) is 3.91. The Kier molecular flexibility index (Phi) is 3.50. The van der Waals surface area contributed by atoms with Gasteiger partial charge in [0.25, 0.3) is 0 Å². The number of hydrogen-bond acceptors (Lipinski definition) is 3.